The van der Waals surface area contributed by atoms with Crippen LogP contribution in [-0.4, -0.2) is 27.8 Å². The number of anilines is 1. The molecule has 0 radical (unpaired) electrons. The molecule has 4 aliphatic rings. The maximum absolute atomic E-state index is 12.6. The molecule has 5 heteroatoms. The van der Waals surface area contributed by atoms with Gasteiger partial charge in [-0.1, -0.05) is 0 Å². The number of nitrogens with one attached hydrogen (secondary N) is 1. The van der Waals surface area contributed by atoms with Gasteiger partial charge in [0.1, 0.15) is 5.75 Å². The highest BCUT2D eigenvalue weighted by molar-refractivity contribution is 5.99. The van der Waals surface area contributed by atoms with Crippen molar-refractivity contribution in [3.05, 3.63) is 23.8 Å². The van der Waals surface area contributed by atoms with Gasteiger partial charge in [-0.3, -0.25) is 4.79 Å². The van der Waals surface area contributed by atoms with E-state index in [0.717, 1.165) is 32.1 Å². The van der Waals surface area contributed by atoms with Gasteiger partial charge in [-0.25, -0.2) is 0 Å². The van der Waals surface area contributed by atoms with Crippen LogP contribution in [0.3, 0.4) is 0 Å². The minimum atomic E-state index is -0.535. The van der Waals surface area contributed by atoms with Gasteiger partial charge in [0.25, 0.3) is 5.91 Å². The molecule has 0 heterocycles. The van der Waals surface area contributed by atoms with Gasteiger partial charge in [-0.2, -0.15) is 0 Å². The summed E-state index contributed by atoms with van der Waals surface area (Å²) in [4.78, 5) is 12.6. The maximum atomic E-state index is 12.6. The average Bonchev–Trinajstić information content (AvgIpc) is 2.47. The second-order valence-corrected chi connectivity index (χ2v) is 8.51. The highest BCUT2D eigenvalue weighted by Gasteiger charge is 2.59. The van der Waals surface area contributed by atoms with Gasteiger partial charge < -0.3 is 21.3 Å². The molecule has 4 saturated carbocycles. The predicted octanol–water partition coefficient (Wildman–Crippen LogP) is 2.42. The summed E-state index contributed by atoms with van der Waals surface area (Å²) in [7, 11) is 0. The molecule has 0 aromatic heterocycles. The smallest absolute Gasteiger partial charge is 0.253 e. The Bertz CT molecular complexity index is 673. The van der Waals surface area contributed by atoms with Crippen molar-refractivity contribution < 1.29 is 15.0 Å². The zero-order valence-corrected chi connectivity index (χ0v) is 14.1. The minimum Gasteiger partial charge on any atom is -0.508 e. The van der Waals surface area contributed by atoms with Crippen molar-refractivity contribution in [2.75, 3.05) is 5.73 Å². The zero-order valence-electron chi connectivity index (χ0n) is 14.1. The number of nitrogen functional groups attached to an aromatic ring is 1. The lowest BCUT2D eigenvalue weighted by Crippen LogP contribution is -2.61. The van der Waals surface area contributed by atoms with E-state index in [9.17, 15) is 15.0 Å². The highest BCUT2D eigenvalue weighted by atomic mass is 16.3. The molecule has 1 aromatic carbocycles. The van der Waals surface area contributed by atoms with Crippen LogP contribution in [0.1, 0.15) is 55.8 Å². The molecule has 0 spiro atoms. The first-order valence-electron chi connectivity index (χ1n) is 8.90. The van der Waals surface area contributed by atoms with Crippen LogP contribution >= 0.6 is 0 Å². The van der Waals surface area contributed by atoms with Crippen LogP contribution in [0.25, 0.3) is 0 Å². The summed E-state index contributed by atoms with van der Waals surface area (Å²) in [6.07, 6.45) is 6.02. The third-order valence-electron chi connectivity index (χ3n) is 6.62. The number of nitrogens with two attached hydrogens (primary N) is 1. The molecule has 130 valence electrons. The van der Waals surface area contributed by atoms with Crippen LogP contribution < -0.4 is 11.1 Å². The molecule has 5 N–H and O–H groups in total. The van der Waals surface area contributed by atoms with Crippen LogP contribution in [0.2, 0.25) is 0 Å². The summed E-state index contributed by atoms with van der Waals surface area (Å²) in [6, 6.07) is 4.40. The molecule has 3 atom stereocenters. The normalized spacial score (nSPS) is 38.1. The van der Waals surface area contributed by atoms with E-state index in [1.54, 1.807) is 6.07 Å². The largest absolute Gasteiger partial charge is 0.508 e. The van der Waals surface area contributed by atoms with Crippen molar-refractivity contribution in [1.82, 2.24) is 5.32 Å². The van der Waals surface area contributed by atoms with E-state index < -0.39 is 5.60 Å². The van der Waals surface area contributed by atoms with Gasteiger partial charge in [-0.15, -0.1) is 0 Å². The maximum Gasteiger partial charge on any atom is 0.253 e. The number of benzene rings is 1. The number of amides is 1. The van der Waals surface area contributed by atoms with Gasteiger partial charge in [0.05, 0.1) is 11.2 Å². The number of aliphatic hydroxyl groups is 1. The third-order valence-corrected chi connectivity index (χ3v) is 6.62. The summed E-state index contributed by atoms with van der Waals surface area (Å²) >= 11 is 0. The Labute approximate surface area is 142 Å². The van der Waals surface area contributed by atoms with Crippen LogP contribution in [-0.2, 0) is 0 Å². The van der Waals surface area contributed by atoms with Crippen molar-refractivity contribution >= 4 is 11.6 Å². The number of carbonyl (C=O) groups excluding carboxylic acids is 1. The van der Waals surface area contributed by atoms with Crippen molar-refractivity contribution in [1.29, 1.82) is 0 Å². The fraction of sp³-hybridized carbons (Fsp3) is 0.632. The fourth-order valence-electron chi connectivity index (χ4n) is 5.96. The summed E-state index contributed by atoms with van der Waals surface area (Å²) in [5, 5.41) is 23.6. The summed E-state index contributed by atoms with van der Waals surface area (Å²) in [6.45, 7) is 2.05. The predicted molar refractivity (Wildman–Crippen MR) is 91.5 cm³/mol. The van der Waals surface area contributed by atoms with E-state index >= 15 is 0 Å². The Morgan fingerprint density at radius 2 is 1.96 bits per heavy atom. The molecular weight excluding hydrogens is 304 g/mol. The minimum absolute atomic E-state index is 0.0138. The molecule has 5 nitrogen and oxygen atoms in total. The van der Waals surface area contributed by atoms with Crippen LogP contribution in [0.15, 0.2) is 18.2 Å². The summed E-state index contributed by atoms with van der Waals surface area (Å²) in [5.41, 5.74) is 6.01. The first-order valence-corrected chi connectivity index (χ1v) is 8.90. The van der Waals surface area contributed by atoms with Gasteiger partial charge in [0.15, 0.2) is 0 Å². The summed E-state index contributed by atoms with van der Waals surface area (Å²) < 4.78 is 0. The first-order chi connectivity index (χ1) is 11.3. The molecule has 5 rings (SSSR count). The van der Waals surface area contributed by atoms with E-state index in [0.29, 0.717) is 23.1 Å². The first kappa shape index (κ1) is 15.8. The monoisotopic (exact) mass is 330 g/mol. The molecule has 4 fully saturated rings. The number of phenolic OH excluding ortho intramolecular Hbond substituents is 1. The van der Waals surface area contributed by atoms with E-state index in [-0.39, 0.29) is 23.1 Å². The van der Waals surface area contributed by atoms with Gasteiger partial charge in [0, 0.05) is 11.7 Å². The van der Waals surface area contributed by atoms with Crippen LogP contribution in [0, 0.1) is 17.3 Å². The van der Waals surface area contributed by atoms with Gasteiger partial charge in [0.2, 0.25) is 0 Å². The quantitative estimate of drug-likeness (QED) is 0.505. The second-order valence-electron chi connectivity index (χ2n) is 8.51. The molecule has 3 unspecified atom stereocenters. The van der Waals surface area contributed by atoms with Crippen molar-refractivity contribution in [3.8, 4) is 5.75 Å². The van der Waals surface area contributed by atoms with Crippen molar-refractivity contribution in [2.45, 2.75) is 57.1 Å². The Morgan fingerprint density at radius 3 is 2.58 bits per heavy atom. The Hall–Kier alpha value is -1.75. The molecule has 0 aliphatic heterocycles. The molecule has 4 bridgehead atoms. The number of hydrogen-bond acceptors (Lipinski definition) is 4. The van der Waals surface area contributed by atoms with Crippen molar-refractivity contribution in [3.63, 3.8) is 0 Å². The van der Waals surface area contributed by atoms with Crippen molar-refractivity contribution in [2.24, 2.45) is 17.3 Å². The lowest BCUT2D eigenvalue weighted by Gasteiger charge is -2.62. The van der Waals surface area contributed by atoms with Gasteiger partial charge in [-0.05, 0) is 80.9 Å². The molecule has 1 amide bonds. The van der Waals surface area contributed by atoms with Crippen LogP contribution in [0.4, 0.5) is 5.69 Å². The molecule has 1 aromatic rings. The number of carbonyl (C=O) groups is 1. The Morgan fingerprint density at radius 1 is 1.29 bits per heavy atom. The number of phenols is 1. The number of hydrogen-bond donors (Lipinski definition) is 4. The highest BCUT2D eigenvalue weighted by Crippen LogP contribution is 2.62. The summed E-state index contributed by atoms with van der Waals surface area (Å²) in [5.74, 6) is 0.952. The van der Waals surface area contributed by atoms with E-state index in [2.05, 4.69) is 5.32 Å². The van der Waals surface area contributed by atoms with Crippen LogP contribution in [0.5, 0.6) is 5.75 Å². The zero-order chi connectivity index (χ0) is 17.1. The lowest BCUT2D eigenvalue weighted by atomic mass is 9.46. The number of rotatable bonds is 3. The van der Waals surface area contributed by atoms with E-state index in [1.165, 1.54) is 18.6 Å². The average molecular weight is 330 g/mol. The Kier molecular flexibility index (Phi) is 3.36. The molecule has 0 saturated heterocycles. The van der Waals surface area contributed by atoms with E-state index in [1.807, 2.05) is 6.92 Å². The van der Waals surface area contributed by atoms with E-state index in [4.69, 9.17) is 5.73 Å². The SMILES string of the molecule is CC(NC(=O)c1cc(O)ccc1N)C12CC3CC(CC(O)(C3)C1)C2. The third kappa shape index (κ3) is 2.46. The standard InChI is InChI=1S/C19H26N2O3/c1-11(21-17(23)15-5-14(22)2-3-16(15)20)18-6-12-4-13(7-18)9-19(24,8-12)10-18/h2-3,5,11-13,22,24H,4,6-10,20H2,1H3,(H,21,23). The molecule has 24 heavy (non-hydrogen) atoms. The topological polar surface area (TPSA) is 95.6 Å². The van der Waals surface area contributed by atoms with Gasteiger partial charge >= 0.3 is 0 Å². The molecular formula is C19H26N2O3. The fourth-order valence-corrected chi connectivity index (χ4v) is 5.96. The number of aromatic hydroxyl groups is 1. The molecule has 4 aliphatic carbocycles. The lowest BCUT2D eigenvalue weighted by molar-refractivity contribution is -0.171. The second kappa shape index (κ2) is 5.12. The Balaban J connectivity index is 1.55.